The van der Waals surface area contributed by atoms with E-state index in [1.54, 1.807) is 29.2 Å². The molecule has 5 rings (SSSR count). The molecule has 0 fully saturated rings. The average Bonchev–Trinajstić information content (AvgIpc) is 3.05. The van der Waals surface area contributed by atoms with Gasteiger partial charge < -0.3 is 19.5 Å². The van der Waals surface area contributed by atoms with E-state index in [-0.39, 0.29) is 29.4 Å². The van der Waals surface area contributed by atoms with Crippen molar-refractivity contribution in [3.63, 3.8) is 0 Å². The first-order chi connectivity index (χ1) is 17.0. The lowest BCUT2D eigenvalue weighted by Gasteiger charge is -2.34. The van der Waals surface area contributed by atoms with E-state index in [0.29, 0.717) is 10.6 Å². The minimum Gasteiger partial charge on any atom is -0.496 e. The van der Waals surface area contributed by atoms with Crippen molar-refractivity contribution in [2.45, 2.75) is 51.2 Å². The van der Waals surface area contributed by atoms with Crippen LogP contribution in [0, 0.1) is 0 Å². The molecule has 1 N–H and O–H groups in total. The van der Waals surface area contributed by atoms with Gasteiger partial charge in [-0.2, -0.15) is 0 Å². The zero-order valence-electron chi connectivity index (χ0n) is 20.7. The van der Waals surface area contributed by atoms with E-state index in [0.717, 1.165) is 41.0 Å². The van der Waals surface area contributed by atoms with Crippen LogP contribution in [-0.2, 0) is 23.2 Å². The lowest BCUT2D eigenvalue weighted by Crippen LogP contribution is -2.39. The molecular formula is C29H28ClNO5. The summed E-state index contributed by atoms with van der Waals surface area (Å²) in [5, 5.41) is 10.1. The van der Waals surface area contributed by atoms with Crippen molar-refractivity contribution in [1.29, 1.82) is 0 Å². The Bertz CT molecular complexity index is 1400. The predicted octanol–water partition coefficient (Wildman–Crippen LogP) is 6.00. The van der Waals surface area contributed by atoms with Gasteiger partial charge >= 0.3 is 5.97 Å². The Morgan fingerprint density at radius 3 is 2.61 bits per heavy atom. The summed E-state index contributed by atoms with van der Waals surface area (Å²) in [6, 6.07) is 16.4. The third-order valence-corrected chi connectivity index (χ3v) is 7.55. The maximum Gasteiger partial charge on any atom is 0.339 e. The number of hydrogen-bond acceptors (Lipinski definition) is 4. The Morgan fingerprint density at radius 1 is 1.11 bits per heavy atom. The second kappa shape index (κ2) is 8.56. The van der Waals surface area contributed by atoms with E-state index in [9.17, 15) is 14.7 Å². The van der Waals surface area contributed by atoms with E-state index in [1.165, 1.54) is 7.11 Å². The Hall–Kier alpha value is -3.51. The largest absolute Gasteiger partial charge is 0.496 e. The smallest absolute Gasteiger partial charge is 0.339 e. The second-order valence-electron chi connectivity index (χ2n) is 10.2. The molecule has 6 nitrogen and oxygen atoms in total. The summed E-state index contributed by atoms with van der Waals surface area (Å²) in [5.41, 5.74) is 3.12. The number of benzene rings is 3. The number of amides is 1. The molecule has 0 unspecified atom stereocenters. The Balaban J connectivity index is 1.57. The summed E-state index contributed by atoms with van der Waals surface area (Å²) < 4.78 is 11.3. The number of methoxy groups -OCH3 is 1. The Labute approximate surface area is 215 Å². The molecule has 0 aliphatic carbocycles. The standard InChI is InChI=1S/C29H28ClNO5/c1-28(2)12-11-18-14-19(6-10-24(18)36-28)29(3)22-15-20(30)7-8-23(22)31(27(29)34)16-17-5-9-25(35-4)21(13-17)26(32)33/h5-10,13-15H,11-12,16H2,1-4H3,(H,32,33)/t29-/m0/s1. The van der Waals surface area contributed by atoms with Crippen LogP contribution in [0.25, 0.3) is 0 Å². The van der Waals surface area contributed by atoms with Gasteiger partial charge in [-0.15, -0.1) is 0 Å². The lowest BCUT2D eigenvalue weighted by molar-refractivity contribution is -0.121. The van der Waals surface area contributed by atoms with E-state index in [1.807, 2.05) is 31.2 Å². The number of halogens is 1. The van der Waals surface area contributed by atoms with Gasteiger partial charge in [0.25, 0.3) is 0 Å². The number of aromatic carboxylic acids is 1. The van der Waals surface area contributed by atoms with Crippen LogP contribution in [0.15, 0.2) is 54.6 Å². The molecule has 1 amide bonds. The molecule has 0 saturated carbocycles. The van der Waals surface area contributed by atoms with E-state index in [4.69, 9.17) is 21.1 Å². The summed E-state index contributed by atoms with van der Waals surface area (Å²) in [5.74, 6) is -0.0514. The number of fused-ring (bicyclic) bond motifs is 2. The topological polar surface area (TPSA) is 76.1 Å². The maximum absolute atomic E-state index is 14.1. The molecule has 1 atom stereocenters. The lowest BCUT2D eigenvalue weighted by atomic mass is 9.76. The summed E-state index contributed by atoms with van der Waals surface area (Å²) in [7, 11) is 1.43. The van der Waals surface area contributed by atoms with Crippen LogP contribution >= 0.6 is 11.6 Å². The highest BCUT2D eigenvalue weighted by Gasteiger charge is 2.49. The molecule has 3 aromatic rings. The van der Waals surface area contributed by atoms with Crippen molar-refractivity contribution in [3.05, 3.63) is 87.4 Å². The molecule has 2 heterocycles. The average molecular weight is 506 g/mol. The quantitative estimate of drug-likeness (QED) is 0.460. The van der Waals surface area contributed by atoms with Crippen molar-refractivity contribution in [2.24, 2.45) is 0 Å². The van der Waals surface area contributed by atoms with Crippen molar-refractivity contribution in [2.75, 3.05) is 12.0 Å². The highest BCUT2D eigenvalue weighted by Crippen LogP contribution is 2.48. The number of carboxylic acids is 1. The molecule has 0 aromatic heterocycles. The number of nitrogens with zero attached hydrogens (tertiary/aromatic N) is 1. The first-order valence-electron chi connectivity index (χ1n) is 11.9. The first-order valence-corrected chi connectivity index (χ1v) is 12.3. The van der Waals surface area contributed by atoms with Crippen molar-refractivity contribution in [1.82, 2.24) is 0 Å². The summed E-state index contributed by atoms with van der Waals surface area (Å²) >= 11 is 6.40. The van der Waals surface area contributed by atoms with Gasteiger partial charge in [-0.05, 0) is 92.3 Å². The Kier molecular flexibility index (Phi) is 5.75. The molecule has 0 saturated heterocycles. The van der Waals surface area contributed by atoms with Crippen LogP contribution in [0.3, 0.4) is 0 Å². The van der Waals surface area contributed by atoms with Gasteiger partial charge in [0.05, 0.1) is 19.1 Å². The van der Waals surface area contributed by atoms with Crippen LogP contribution < -0.4 is 14.4 Å². The van der Waals surface area contributed by atoms with Gasteiger partial charge in [-0.3, -0.25) is 4.79 Å². The third kappa shape index (κ3) is 3.90. The number of carbonyl (C=O) groups is 2. The fourth-order valence-corrected chi connectivity index (χ4v) is 5.42. The normalized spacial score (nSPS) is 19.9. The van der Waals surface area contributed by atoms with Crippen molar-refractivity contribution >= 4 is 29.2 Å². The number of aryl methyl sites for hydroxylation is 1. The Morgan fingerprint density at radius 2 is 1.89 bits per heavy atom. The molecule has 0 radical (unpaired) electrons. The van der Waals surface area contributed by atoms with Gasteiger partial charge in [0.15, 0.2) is 0 Å². The summed E-state index contributed by atoms with van der Waals surface area (Å²) in [4.78, 5) is 27.6. The van der Waals surface area contributed by atoms with Crippen LogP contribution in [0.5, 0.6) is 11.5 Å². The number of anilines is 1. The molecule has 2 aliphatic heterocycles. The van der Waals surface area contributed by atoms with Gasteiger partial charge in [-0.1, -0.05) is 29.8 Å². The number of hydrogen-bond donors (Lipinski definition) is 1. The molecule has 0 spiro atoms. The molecule has 36 heavy (non-hydrogen) atoms. The molecular weight excluding hydrogens is 478 g/mol. The number of carbonyl (C=O) groups excluding carboxylic acids is 1. The van der Waals surface area contributed by atoms with Crippen LogP contribution in [-0.4, -0.2) is 29.7 Å². The molecule has 2 aliphatic rings. The highest BCUT2D eigenvalue weighted by molar-refractivity contribution is 6.31. The van der Waals surface area contributed by atoms with Crippen LogP contribution in [0.4, 0.5) is 5.69 Å². The monoisotopic (exact) mass is 505 g/mol. The second-order valence-corrected chi connectivity index (χ2v) is 10.6. The molecule has 0 bridgehead atoms. The zero-order chi connectivity index (χ0) is 25.8. The fourth-order valence-electron chi connectivity index (χ4n) is 5.25. The molecule has 7 heteroatoms. The maximum atomic E-state index is 14.1. The van der Waals surface area contributed by atoms with Crippen molar-refractivity contribution in [3.8, 4) is 11.5 Å². The predicted molar refractivity (Wildman–Crippen MR) is 139 cm³/mol. The van der Waals surface area contributed by atoms with Crippen molar-refractivity contribution < 1.29 is 24.2 Å². The fraction of sp³-hybridized carbons (Fsp3) is 0.310. The van der Waals surface area contributed by atoms with E-state index < -0.39 is 11.4 Å². The first kappa shape index (κ1) is 24.2. The minimum atomic E-state index is -1.09. The molecule has 3 aromatic carbocycles. The van der Waals surface area contributed by atoms with E-state index in [2.05, 4.69) is 19.9 Å². The summed E-state index contributed by atoms with van der Waals surface area (Å²) in [6.45, 7) is 6.31. The summed E-state index contributed by atoms with van der Waals surface area (Å²) in [6.07, 6.45) is 1.77. The minimum absolute atomic E-state index is 0.0540. The van der Waals surface area contributed by atoms with Gasteiger partial charge in [0.1, 0.15) is 22.7 Å². The van der Waals surface area contributed by atoms with Gasteiger partial charge in [0, 0.05) is 10.7 Å². The molecule has 186 valence electrons. The van der Waals surface area contributed by atoms with Gasteiger partial charge in [-0.25, -0.2) is 4.79 Å². The van der Waals surface area contributed by atoms with Gasteiger partial charge in [0.2, 0.25) is 5.91 Å². The highest BCUT2D eigenvalue weighted by atomic mass is 35.5. The van der Waals surface area contributed by atoms with E-state index >= 15 is 0 Å². The number of carboxylic acid groups (broad SMARTS) is 1. The van der Waals surface area contributed by atoms with Crippen LogP contribution in [0.1, 0.15) is 59.8 Å². The third-order valence-electron chi connectivity index (χ3n) is 7.32. The SMILES string of the molecule is COc1ccc(CN2C(=O)[C@@](C)(c3ccc4c(c3)CCC(C)(C)O4)c3cc(Cl)ccc32)cc1C(=O)O. The van der Waals surface area contributed by atoms with Crippen LogP contribution in [0.2, 0.25) is 5.02 Å². The number of rotatable bonds is 5. The number of ether oxygens (including phenoxy) is 2. The zero-order valence-corrected chi connectivity index (χ0v) is 21.5.